The molecular weight excluding hydrogens is 214 g/mol. The number of hydrogen-bond acceptors (Lipinski definition) is 2. The lowest BCUT2D eigenvalue weighted by Gasteiger charge is -2.16. The number of nitrogens with zero attached hydrogens (tertiary/aromatic N) is 1. The Labute approximate surface area is 97.3 Å². The minimum atomic E-state index is 0. The molecule has 0 heterocycles. The molecule has 0 spiro atoms. The van der Waals surface area contributed by atoms with E-state index >= 15 is 0 Å². The van der Waals surface area contributed by atoms with Crippen LogP contribution in [0.1, 0.15) is 6.92 Å². The van der Waals surface area contributed by atoms with Gasteiger partial charge in [0.15, 0.2) is 0 Å². The average molecular weight is 232 g/mol. The Kier molecular flexibility index (Phi) is 7.06. The Morgan fingerprint density at radius 3 is 2.29 bits per heavy atom. The predicted octanol–water partition coefficient (Wildman–Crippen LogP) is 3.15. The summed E-state index contributed by atoms with van der Waals surface area (Å²) >= 11 is 1.93. The molecule has 0 saturated heterocycles. The van der Waals surface area contributed by atoms with Crippen molar-refractivity contribution in [3.05, 3.63) is 30.3 Å². The third kappa shape index (κ3) is 5.53. The Balaban J connectivity index is 0.00000169. The zero-order valence-corrected chi connectivity index (χ0v) is 10.6. The highest BCUT2D eigenvalue weighted by molar-refractivity contribution is 8.00. The van der Waals surface area contributed by atoms with Crippen LogP contribution in [0, 0.1) is 0 Å². The first-order chi connectivity index (χ1) is 6.18. The topological polar surface area (TPSA) is 3.24 Å². The molecule has 0 saturated carbocycles. The van der Waals surface area contributed by atoms with E-state index in [4.69, 9.17) is 0 Å². The smallest absolute Gasteiger partial charge is 0.0193 e. The van der Waals surface area contributed by atoms with Crippen molar-refractivity contribution in [2.75, 3.05) is 20.6 Å². The summed E-state index contributed by atoms with van der Waals surface area (Å²) in [5, 5.41) is 0.650. The Morgan fingerprint density at radius 2 is 1.79 bits per heavy atom. The van der Waals surface area contributed by atoms with Crippen molar-refractivity contribution in [1.82, 2.24) is 4.90 Å². The predicted molar refractivity (Wildman–Crippen MR) is 67.6 cm³/mol. The fraction of sp³-hybridized carbons (Fsp3) is 0.455. The quantitative estimate of drug-likeness (QED) is 0.733. The van der Waals surface area contributed by atoms with Gasteiger partial charge < -0.3 is 4.90 Å². The zero-order valence-electron chi connectivity index (χ0n) is 8.93. The normalized spacial score (nSPS) is 12.3. The Bertz CT molecular complexity index is 238. The third-order valence-corrected chi connectivity index (χ3v) is 2.80. The zero-order chi connectivity index (χ0) is 9.68. The van der Waals surface area contributed by atoms with Gasteiger partial charge in [-0.1, -0.05) is 25.1 Å². The van der Waals surface area contributed by atoms with Gasteiger partial charge in [-0.3, -0.25) is 0 Å². The molecule has 1 aromatic carbocycles. The van der Waals surface area contributed by atoms with Gasteiger partial charge in [-0.15, -0.1) is 24.2 Å². The molecule has 14 heavy (non-hydrogen) atoms. The van der Waals surface area contributed by atoms with Crippen LogP contribution in [-0.2, 0) is 0 Å². The van der Waals surface area contributed by atoms with Gasteiger partial charge in [0.1, 0.15) is 0 Å². The molecule has 3 heteroatoms. The van der Waals surface area contributed by atoms with Crippen molar-refractivity contribution in [3.63, 3.8) is 0 Å². The maximum atomic E-state index is 2.26. The highest BCUT2D eigenvalue weighted by Gasteiger charge is 2.04. The Hall–Kier alpha value is -0.180. The average Bonchev–Trinajstić information content (AvgIpc) is 2.04. The van der Waals surface area contributed by atoms with E-state index < -0.39 is 0 Å². The molecule has 1 aromatic rings. The van der Waals surface area contributed by atoms with E-state index in [0.29, 0.717) is 5.25 Å². The van der Waals surface area contributed by atoms with Crippen molar-refractivity contribution in [2.24, 2.45) is 0 Å². The summed E-state index contributed by atoms with van der Waals surface area (Å²) < 4.78 is 0. The molecule has 1 rings (SSSR count). The van der Waals surface area contributed by atoms with E-state index in [2.05, 4.69) is 56.3 Å². The summed E-state index contributed by atoms with van der Waals surface area (Å²) in [5.41, 5.74) is 0. The summed E-state index contributed by atoms with van der Waals surface area (Å²) in [7, 11) is 4.23. The van der Waals surface area contributed by atoms with Crippen molar-refractivity contribution in [2.45, 2.75) is 17.1 Å². The fourth-order valence-electron chi connectivity index (χ4n) is 1.28. The van der Waals surface area contributed by atoms with E-state index in [1.807, 2.05) is 11.8 Å². The van der Waals surface area contributed by atoms with Crippen LogP contribution in [0.3, 0.4) is 0 Å². The molecule has 80 valence electrons. The molecular formula is C11H18ClNS. The van der Waals surface area contributed by atoms with Crippen LogP contribution in [0.5, 0.6) is 0 Å². The van der Waals surface area contributed by atoms with Gasteiger partial charge in [0, 0.05) is 16.7 Å². The lowest BCUT2D eigenvalue weighted by atomic mass is 10.4. The lowest BCUT2D eigenvalue weighted by Crippen LogP contribution is -2.21. The van der Waals surface area contributed by atoms with Crippen LogP contribution < -0.4 is 0 Å². The first-order valence-corrected chi connectivity index (χ1v) is 5.43. The largest absolute Gasteiger partial charge is 0.308 e. The van der Waals surface area contributed by atoms with Gasteiger partial charge in [0.2, 0.25) is 0 Å². The molecule has 1 unspecified atom stereocenters. The summed E-state index contributed by atoms with van der Waals surface area (Å²) in [5.74, 6) is 0. The van der Waals surface area contributed by atoms with E-state index in [-0.39, 0.29) is 12.4 Å². The van der Waals surface area contributed by atoms with Crippen molar-refractivity contribution in [3.8, 4) is 0 Å². The lowest BCUT2D eigenvalue weighted by molar-refractivity contribution is 0.413. The van der Waals surface area contributed by atoms with Gasteiger partial charge in [0.05, 0.1) is 0 Å². The fourth-order valence-corrected chi connectivity index (χ4v) is 2.43. The second-order valence-electron chi connectivity index (χ2n) is 3.50. The van der Waals surface area contributed by atoms with E-state index in [1.165, 1.54) is 4.90 Å². The highest BCUT2D eigenvalue weighted by atomic mass is 35.5. The minimum Gasteiger partial charge on any atom is -0.308 e. The van der Waals surface area contributed by atoms with Crippen molar-refractivity contribution < 1.29 is 0 Å². The number of rotatable bonds is 4. The molecule has 0 aliphatic heterocycles. The monoisotopic (exact) mass is 231 g/mol. The maximum absolute atomic E-state index is 2.26. The van der Waals surface area contributed by atoms with Crippen molar-refractivity contribution >= 4 is 24.2 Å². The highest BCUT2D eigenvalue weighted by Crippen LogP contribution is 2.22. The molecule has 0 amide bonds. The van der Waals surface area contributed by atoms with Gasteiger partial charge >= 0.3 is 0 Å². The van der Waals surface area contributed by atoms with Gasteiger partial charge in [0.25, 0.3) is 0 Å². The van der Waals surface area contributed by atoms with Gasteiger partial charge in [-0.05, 0) is 26.2 Å². The second kappa shape index (κ2) is 7.16. The van der Waals surface area contributed by atoms with Crippen LogP contribution in [0.25, 0.3) is 0 Å². The molecule has 0 aliphatic carbocycles. The Morgan fingerprint density at radius 1 is 1.21 bits per heavy atom. The SMILES string of the molecule is CC(CN(C)C)Sc1ccccc1.Cl. The number of benzene rings is 1. The molecule has 0 N–H and O–H groups in total. The summed E-state index contributed by atoms with van der Waals surface area (Å²) in [4.78, 5) is 3.58. The van der Waals surface area contributed by atoms with E-state index in [0.717, 1.165) is 6.54 Å². The number of hydrogen-bond donors (Lipinski definition) is 0. The number of thioether (sulfide) groups is 1. The van der Waals surface area contributed by atoms with Crippen LogP contribution >= 0.6 is 24.2 Å². The van der Waals surface area contributed by atoms with Crippen LogP contribution in [-0.4, -0.2) is 30.8 Å². The van der Waals surface area contributed by atoms with Crippen LogP contribution in [0.15, 0.2) is 35.2 Å². The third-order valence-electron chi connectivity index (χ3n) is 1.70. The first-order valence-electron chi connectivity index (χ1n) is 4.55. The van der Waals surface area contributed by atoms with E-state index in [9.17, 15) is 0 Å². The second-order valence-corrected chi connectivity index (χ2v) is 5.02. The first kappa shape index (κ1) is 13.8. The molecule has 1 nitrogen and oxygen atoms in total. The molecule has 0 aromatic heterocycles. The van der Waals surface area contributed by atoms with Crippen LogP contribution in [0.2, 0.25) is 0 Å². The van der Waals surface area contributed by atoms with E-state index in [1.54, 1.807) is 0 Å². The van der Waals surface area contributed by atoms with Gasteiger partial charge in [-0.2, -0.15) is 0 Å². The molecule has 0 fully saturated rings. The molecule has 0 bridgehead atoms. The summed E-state index contributed by atoms with van der Waals surface area (Å²) in [6, 6.07) is 10.6. The van der Waals surface area contributed by atoms with Gasteiger partial charge in [-0.25, -0.2) is 0 Å². The summed E-state index contributed by atoms with van der Waals surface area (Å²) in [6.45, 7) is 3.39. The molecule has 0 aliphatic rings. The number of halogens is 1. The van der Waals surface area contributed by atoms with Crippen LogP contribution in [0.4, 0.5) is 0 Å². The minimum absolute atomic E-state index is 0. The van der Waals surface area contributed by atoms with Crippen molar-refractivity contribution in [1.29, 1.82) is 0 Å². The standard InChI is InChI=1S/C11H17NS.ClH/c1-10(9-12(2)3)13-11-7-5-4-6-8-11;/h4-8,10H,9H2,1-3H3;1H. The molecule has 0 radical (unpaired) electrons. The maximum Gasteiger partial charge on any atom is 0.0193 e. The molecule has 1 atom stereocenters. The summed E-state index contributed by atoms with van der Waals surface area (Å²) in [6.07, 6.45) is 0.